The Balaban J connectivity index is 1.18. The van der Waals surface area contributed by atoms with Gasteiger partial charge in [-0.25, -0.2) is 4.98 Å². The minimum atomic E-state index is -0.183. The van der Waals surface area contributed by atoms with E-state index in [2.05, 4.69) is 15.6 Å². The van der Waals surface area contributed by atoms with Crippen molar-refractivity contribution < 1.29 is 9.59 Å². The minimum absolute atomic E-state index is 0.0603. The molecule has 25 heavy (non-hydrogen) atoms. The molecule has 0 aliphatic heterocycles. The first kappa shape index (κ1) is 15.8. The van der Waals surface area contributed by atoms with Crippen molar-refractivity contribution in [2.75, 3.05) is 11.9 Å². The van der Waals surface area contributed by atoms with E-state index in [-0.39, 0.29) is 23.8 Å². The summed E-state index contributed by atoms with van der Waals surface area (Å²) in [6, 6.07) is 0. The fourth-order valence-electron chi connectivity index (χ4n) is 6.14. The number of aryl methyl sites for hydroxylation is 2. The van der Waals surface area contributed by atoms with Crippen LogP contribution in [0.4, 0.5) is 5.13 Å². The molecule has 1 aromatic heterocycles. The van der Waals surface area contributed by atoms with E-state index in [0.29, 0.717) is 5.13 Å². The van der Waals surface area contributed by atoms with Crippen LogP contribution in [0.15, 0.2) is 0 Å². The third-order valence-electron chi connectivity index (χ3n) is 6.77. The van der Waals surface area contributed by atoms with Gasteiger partial charge in [0.2, 0.25) is 11.8 Å². The van der Waals surface area contributed by atoms with Crippen molar-refractivity contribution in [3.8, 4) is 0 Å². The Hall–Kier alpha value is -1.43. The highest BCUT2D eigenvalue weighted by molar-refractivity contribution is 7.15. The summed E-state index contributed by atoms with van der Waals surface area (Å²) in [6.07, 6.45) is 10.3. The van der Waals surface area contributed by atoms with Crippen molar-refractivity contribution in [2.45, 2.75) is 57.8 Å². The van der Waals surface area contributed by atoms with Crippen molar-refractivity contribution in [2.24, 2.45) is 23.2 Å². The highest BCUT2D eigenvalue weighted by atomic mass is 32.1. The van der Waals surface area contributed by atoms with Crippen LogP contribution in [0.2, 0.25) is 0 Å². The van der Waals surface area contributed by atoms with Crippen molar-refractivity contribution in [3.05, 3.63) is 10.6 Å². The van der Waals surface area contributed by atoms with Gasteiger partial charge in [-0.05, 0) is 75.5 Å². The van der Waals surface area contributed by atoms with Gasteiger partial charge >= 0.3 is 0 Å². The Kier molecular flexibility index (Phi) is 3.66. The van der Waals surface area contributed by atoms with Crippen molar-refractivity contribution in [3.63, 3.8) is 0 Å². The lowest BCUT2D eigenvalue weighted by atomic mass is 9.49. The lowest BCUT2D eigenvalue weighted by molar-refractivity contribution is -0.146. The number of nitrogens with one attached hydrogen (secondary N) is 2. The second-order valence-corrected chi connectivity index (χ2v) is 9.75. The van der Waals surface area contributed by atoms with Gasteiger partial charge in [0, 0.05) is 10.3 Å². The van der Waals surface area contributed by atoms with Gasteiger partial charge < -0.3 is 10.6 Å². The predicted octanol–water partition coefficient (Wildman–Crippen LogP) is 2.90. The molecule has 6 heteroatoms. The highest BCUT2D eigenvalue weighted by Crippen LogP contribution is 2.60. The quantitative estimate of drug-likeness (QED) is 0.868. The van der Waals surface area contributed by atoms with Crippen LogP contribution in [-0.2, 0) is 22.4 Å². The van der Waals surface area contributed by atoms with Gasteiger partial charge in [0.25, 0.3) is 0 Å². The van der Waals surface area contributed by atoms with Crippen molar-refractivity contribution >= 4 is 28.3 Å². The number of anilines is 1. The van der Waals surface area contributed by atoms with E-state index in [1.807, 2.05) is 0 Å². The van der Waals surface area contributed by atoms with Crippen molar-refractivity contribution in [1.82, 2.24) is 10.3 Å². The second kappa shape index (κ2) is 5.79. The highest BCUT2D eigenvalue weighted by Gasteiger charge is 2.54. The zero-order valence-electron chi connectivity index (χ0n) is 14.5. The molecule has 0 radical (unpaired) electrons. The van der Waals surface area contributed by atoms with E-state index in [9.17, 15) is 9.59 Å². The van der Waals surface area contributed by atoms with Crippen LogP contribution in [0.1, 0.15) is 55.5 Å². The number of thiazole rings is 1. The van der Waals surface area contributed by atoms with E-state index < -0.39 is 0 Å². The maximum atomic E-state index is 12.9. The molecule has 4 saturated carbocycles. The van der Waals surface area contributed by atoms with Gasteiger partial charge in [0.1, 0.15) is 0 Å². The molecule has 134 valence electrons. The fourth-order valence-corrected chi connectivity index (χ4v) is 7.21. The van der Waals surface area contributed by atoms with E-state index in [1.54, 1.807) is 11.3 Å². The first-order chi connectivity index (χ1) is 12.1. The average Bonchev–Trinajstić information content (AvgIpc) is 3.12. The lowest BCUT2D eigenvalue weighted by Crippen LogP contribution is -2.54. The van der Waals surface area contributed by atoms with E-state index in [4.69, 9.17) is 0 Å². The summed E-state index contributed by atoms with van der Waals surface area (Å²) < 4.78 is 0. The molecule has 0 saturated heterocycles. The largest absolute Gasteiger partial charge is 0.347 e. The molecule has 0 unspecified atom stereocenters. The van der Waals surface area contributed by atoms with Crippen LogP contribution in [0, 0.1) is 23.2 Å². The monoisotopic (exact) mass is 359 g/mol. The number of nitrogens with zero attached hydrogens (tertiary/aromatic N) is 1. The number of aromatic nitrogens is 1. The van der Waals surface area contributed by atoms with E-state index >= 15 is 0 Å². The van der Waals surface area contributed by atoms with Crippen molar-refractivity contribution in [1.29, 1.82) is 0 Å². The molecule has 0 aromatic carbocycles. The van der Waals surface area contributed by atoms with Crippen LogP contribution >= 0.6 is 11.3 Å². The average molecular weight is 359 g/mol. The van der Waals surface area contributed by atoms with Gasteiger partial charge in [-0.2, -0.15) is 0 Å². The fraction of sp³-hybridized carbons (Fsp3) is 0.737. The molecular weight excluding hydrogens is 334 g/mol. The summed E-state index contributed by atoms with van der Waals surface area (Å²) in [6.45, 7) is 0.0603. The molecular formula is C19H25N3O2S. The molecule has 1 aromatic rings. The Morgan fingerprint density at radius 2 is 1.76 bits per heavy atom. The topological polar surface area (TPSA) is 71.1 Å². The minimum Gasteiger partial charge on any atom is -0.347 e. The molecule has 4 bridgehead atoms. The predicted molar refractivity (Wildman–Crippen MR) is 96.4 cm³/mol. The summed E-state index contributed by atoms with van der Waals surface area (Å²) in [4.78, 5) is 30.9. The molecule has 2 amide bonds. The summed E-state index contributed by atoms with van der Waals surface area (Å²) in [7, 11) is 0. The maximum Gasteiger partial charge on any atom is 0.245 e. The lowest BCUT2D eigenvalue weighted by Gasteiger charge is -2.55. The van der Waals surface area contributed by atoms with Gasteiger partial charge in [-0.15, -0.1) is 11.3 Å². The third kappa shape index (κ3) is 2.78. The molecule has 6 rings (SSSR count). The molecule has 0 spiro atoms. The number of fused-ring (bicyclic) bond motifs is 1. The molecule has 4 fully saturated rings. The first-order valence-electron chi connectivity index (χ1n) is 9.66. The molecule has 5 aliphatic carbocycles. The Labute approximate surface area is 152 Å². The molecule has 5 nitrogen and oxygen atoms in total. The van der Waals surface area contributed by atoms with Gasteiger partial charge in [0.05, 0.1) is 12.2 Å². The van der Waals surface area contributed by atoms with Crippen LogP contribution in [0.25, 0.3) is 0 Å². The number of carbonyl (C=O) groups excluding carboxylic acids is 2. The van der Waals surface area contributed by atoms with Crippen LogP contribution in [0.3, 0.4) is 0 Å². The zero-order chi connectivity index (χ0) is 17.0. The smallest absolute Gasteiger partial charge is 0.245 e. The summed E-state index contributed by atoms with van der Waals surface area (Å²) >= 11 is 1.58. The Morgan fingerprint density at radius 3 is 2.40 bits per heavy atom. The van der Waals surface area contributed by atoms with E-state index in [1.165, 1.54) is 30.6 Å². The first-order valence-corrected chi connectivity index (χ1v) is 10.5. The number of carbonyl (C=O) groups is 2. The Bertz CT molecular complexity index is 669. The zero-order valence-corrected chi connectivity index (χ0v) is 15.3. The number of hydrogen-bond donors (Lipinski definition) is 2. The third-order valence-corrected chi connectivity index (χ3v) is 7.84. The summed E-state index contributed by atoms with van der Waals surface area (Å²) in [5, 5.41) is 6.47. The molecule has 2 N–H and O–H groups in total. The van der Waals surface area contributed by atoms with Gasteiger partial charge in [-0.1, -0.05) is 0 Å². The Morgan fingerprint density at radius 1 is 1.08 bits per heavy atom. The maximum absolute atomic E-state index is 12.9. The molecule has 5 aliphatic rings. The SMILES string of the molecule is O=C(CNC(=O)C12CC3CC(CC(C3)C1)C2)Nc1nc2c(s1)CCC2. The van der Waals surface area contributed by atoms with Gasteiger partial charge in [-0.3, -0.25) is 9.59 Å². The summed E-state index contributed by atoms with van der Waals surface area (Å²) in [5.74, 6) is 2.17. The molecule has 1 heterocycles. The number of rotatable bonds is 4. The standard InChI is InChI=1S/C19H25N3O2S/c23-16(22-18-21-14-2-1-3-15(14)25-18)10-20-17(24)19-7-11-4-12(8-19)6-13(5-11)9-19/h11-13H,1-10H2,(H,20,24)(H,21,22,23). The molecule has 0 atom stereocenters. The van der Waals surface area contributed by atoms with Crippen LogP contribution < -0.4 is 10.6 Å². The normalized spacial score (nSPS) is 34.8. The summed E-state index contributed by atoms with van der Waals surface area (Å²) in [5.41, 5.74) is 0.954. The number of amides is 2. The van der Waals surface area contributed by atoms with Gasteiger partial charge in [0.15, 0.2) is 5.13 Å². The van der Waals surface area contributed by atoms with Crippen LogP contribution in [0.5, 0.6) is 0 Å². The number of hydrogen-bond acceptors (Lipinski definition) is 4. The van der Waals surface area contributed by atoms with Crippen LogP contribution in [-0.4, -0.2) is 23.3 Å². The second-order valence-electron chi connectivity index (χ2n) is 8.67. The van der Waals surface area contributed by atoms with E-state index in [0.717, 1.165) is 55.6 Å².